The molecule has 0 aliphatic carbocycles. The summed E-state index contributed by atoms with van der Waals surface area (Å²) in [7, 11) is 1.81. The Labute approximate surface area is 223 Å². The van der Waals surface area contributed by atoms with Gasteiger partial charge in [0.05, 0.1) is 28.3 Å². The van der Waals surface area contributed by atoms with Gasteiger partial charge in [0.2, 0.25) is 5.91 Å². The highest BCUT2D eigenvalue weighted by Crippen LogP contribution is 2.36. The number of likely N-dealkylation sites (N-methyl/N-ethyl adjacent to an activating group) is 1. The minimum Gasteiger partial charge on any atom is -0.393 e. The van der Waals surface area contributed by atoms with Crippen molar-refractivity contribution in [2.45, 2.75) is 43.6 Å². The SMILES string of the molecule is CN(Cc1ccc(C(F)(F)F)c(F)c1)C1CN(C(=O)CN2CCC(O)CC2)C[C@@H]1c1ccc(Cl)c(Cl)c1. The fourth-order valence-electron chi connectivity index (χ4n) is 5.17. The highest BCUT2D eigenvalue weighted by atomic mass is 35.5. The highest BCUT2D eigenvalue weighted by Gasteiger charge is 2.39. The number of benzene rings is 2. The predicted octanol–water partition coefficient (Wildman–Crippen LogP) is 5.03. The number of rotatable bonds is 6. The number of carbonyl (C=O) groups is 1. The highest BCUT2D eigenvalue weighted by molar-refractivity contribution is 6.42. The molecule has 2 aromatic rings. The van der Waals surface area contributed by atoms with E-state index in [9.17, 15) is 27.5 Å². The molecule has 0 saturated carbocycles. The van der Waals surface area contributed by atoms with Crippen LogP contribution < -0.4 is 0 Å². The fourth-order valence-corrected chi connectivity index (χ4v) is 5.47. The van der Waals surface area contributed by atoms with Gasteiger partial charge in [-0.3, -0.25) is 14.6 Å². The smallest absolute Gasteiger partial charge is 0.393 e. The molecule has 1 N–H and O–H groups in total. The molecule has 2 atom stereocenters. The summed E-state index contributed by atoms with van der Waals surface area (Å²) in [6.07, 6.45) is -3.82. The average Bonchev–Trinajstić information content (AvgIpc) is 3.27. The van der Waals surface area contributed by atoms with E-state index in [1.807, 2.05) is 22.9 Å². The van der Waals surface area contributed by atoms with Crippen LogP contribution in [0.5, 0.6) is 0 Å². The van der Waals surface area contributed by atoms with Crippen LogP contribution in [0.15, 0.2) is 36.4 Å². The van der Waals surface area contributed by atoms with Crippen LogP contribution in [-0.4, -0.2) is 77.6 Å². The third kappa shape index (κ3) is 6.75. The Morgan fingerprint density at radius 2 is 1.78 bits per heavy atom. The second kappa shape index (κ2) is 11.5. The van der Waals surface area contributed by atoms with Crippen molar-refractivity contribution in [3.8, 4) is 0 Å². The molecule has 2 fully saturated rings. The van der Waals surface area contributed by atoms with Crippen LogP contribution in [0, 0.1) is 5.82 Å². The number of hydrogen-bond acceptors (Lipinski definition) is 4. The van der Waals surface area contributed by atoms with E-state index in [0.717, 1.165) is 17.7 Å². The van der Waals surface area contributed by atoms with E-state index >= 15 is 0 Å². The van der Waals surface area contributed by atoms with Crippen LogP contribution in [0.3, 0.4) is 0 Å². The summed E-state index contributed by atoms with van der Waals surface area (Å²) < 4.78 is 53.1. The molecular weight excluding hydrogens is 533 g/mol. The number of amides is 1. The van der Waals surface area contributed by atoms with Crippen molar-refractivity contribution < 1.29 is 27.5 Å². The summed E-state index contributed by atoms with van der Waals surface area (Å²) in [4.78, 5) is 18.9. The van der Waals surface area contributed by atoms with E-state index in [2.05, 4.69) is 0 Å². The molecule has 2 saturated heterocycles. The van der Waals surface area contributed by atoms with Crippen molar-refractivity contribution in [3.63, 3.8) is 0 Å². The van der Waals surface area contributed by atoms with E-state index in [0.29, 0.717) is 54.6 Å². The third-order valence-electron chi connectivity index (χ3n) is 7.27. The van der Waals surface area contributed by atoms with Gasteiger partial charge < -0.3 is 10.0 Å². The maximum Gasteiger partial charge on any atom is 0.419 e. The summed E-state index contributed by atoms with van der Waals surface area (Å²) in [5, 5.41) is 10.5. The van der Waals surface area contributed by atoms with Crippen LogP contribution in [0.1, 0.15) is 35.4 Å². The summed E-state index contributed by atoms with van der Waals surface area (Å²) in [5.41, 5.74) is -0.00533. The molecule has 1 unspecified atom stereocenters. The molecule has 1 amide bonds. The lowest BCUT2D eigenvalue weighted by atomic mass is 9.93. The zero-order chi connectivity index (χ0) is 26.9. The maximum absolute atomic E-state index is 14.2. The number of alkyl halides is 3. The number of aliphatic hydroxyl groups excluding tert-OH is 1. The van der Waals surface area contributed by atoms with E-state index in [1.165, 1.54) is 6.07 Å². The van der Waals surface area contributed by atoms with Crippen LogP contribution >= 0.6 is 23.2 Å². The van der Waals surface area contributed by atoms with Crippen molar-refractivity contribution in [2.75, 3.05) is 39.8 Å². The van der Waals surface area contributed by atoms with E-state index in [4.69, 9.17) is 23.2 Å². The number of hydrogen-bond donors (Lipinski definition) is 1. The second-order valence-corrected chi connectivity index (χ2v) is 10.7. The van der Waals surface area contributed by atoms with Crippen molar-refractivity contribution in [2.24, 2.45) is 0 Å². The average molecular weight is 562 g/mol. The fraction of sp³-hybridized carbons (Fsp3) is 0.500. The van der Waals surface area contributed by atoms with Crippen molar-refractivity contribution in [1.82, 2.24) is 14.7 Å². The lowest BCUT2D eigenvalue weighted by Crippen LogP contribution is -2.44. The Hall–Kier alpha value is -1.91. The largest absolute Gasteiger partial charge is 0.419 e. The Morgan fingerprint density at radius 1 is 1.08 bits per heavy atom. The Morgan fingerprint density at radius 3 is 2.41 bits per heavy atom. The lowest BCUT2D eigenvalue weighted by Gasteiger charge is -2.30. The van der Waals surface area contributed by atoms with E-state index in [1.54, 1.807) is 17.0 Å². The molecule has 37 heavy (non-hydrogen) atoms. The quantitative estimate of drug-likeness (QED) is 0.502. The zero-order valence-corrected chi connectivity index (χ0v) is 21.8. The van der Waals surface area contributed by atoms with Gasteiger partial charge in [0.1, 0.15) is 5.82 Å². The monoisotopic (exact) mass is 561 g/mol. The first-order valence-corrected chi connectivity index (χ1v) is 12.9. The van der Waals surface area contributed by atoms with Crippen LogP contribution in [0.2, 0.25) is 10.0 Å². The first-order chi connectivity index (χ1) is 17.4. The molecule has 5 nitrogen and oxygen atoms in total. The second-order valence-electron chi connectivity index (χ2n) is 9.88. The van der Waals surface area contributed by atoms with Gasteiger partial charge in [0.25, 0.3) is 0 Å². The molecule has 0 radical (unpaired) electrons. The predicted molar refractivity (Wildman–Crippen MR) is 134 cm³/mol. The number of piperidine rings is 1. The van der Waals surface area contributed by atoms with Gasteiger partial charge in [-0.25, -0.2) is 4.39 Å². The number of nitrogens with zero attached hydrogens (tertiary/aromatic N) is 3. The van der Waals surface area contributed by atoms with Crippen molar-refractivity contribution in [3.05, 3.63) is 69.0 Å². The van der Waals surface area contributed by atoms with Gasteiger partial charge in [0.15, 0.2) is 0 Å². The minimum absolute atomic E-state index is 0.0297. The summed E-state index contributed by atoms with van der Waals surface area (Å²) in [6, 6.07) is 8.09. The number of aliphatic hydroxyl groups is 1. The first kappa shape index (κ1) is 28.1. The minimum atomic E-state index is -4.76. The lowest BCUT2D eigenvalue weighted by molar-refractivity contribution is -0.140. The Balaban J connectivity index is 1.52. The van der Waals surface area contributed by atoms with Gasteiger partial charge >= 0.3 is 6.18 Å². The number of likely N-dealkylation sites (tertiary alicyclic amines) is 2. The van der Waals surface area contributed by atoms with Gasteiger partial charge in [0, 0.05) is 44.7 Å². The van der Waals surface area contributed by atoms with Crippen LogP contribution in [0.25, 0.3) is 0 Å². The molecule has 202 valence electrons. The van der Waals surface area contributed by atoms with Gasteiger partial charge in [-0.2, -0.15) is 13.2 Å². The van der Waals surface area contributed by atoms with Crippen LogP contribution in [0.4, 0.5) is 17.6 Å². The molecule has 2 aliphatic rings. The maximum atomic E-state index is 14.2. The van der Waals surface area contributed by atoms with Gasteiger partial charge in [-0.15, -0.1) is 0 Å². The molecule has 11 heteroatoms. The van der Waals surface area contributed by atoms with Crippen molar-refractivity contribution >= 4 is 29.1 Å². The first-order valence-electron chi connectivity index (χ1n) is 12.1. The van der Waals surface area contributed by atoms with E-state index < -0.39 is 17.6 Å². The summed E-state index contributed by atoms with van der Waals surface area (Å²) >= 11 is 12.4. The third-order valence-corrected chi connectivity index (χ3v) is 8.01. The normalized spacial score (nSPS) is 21.7. The van der Waals surface area contributed by atoms with Gasteiger partial charge in [-0.05, 0) is 55.3 Å². The standard InChI is InChI=1S/C26H29Cl2F4N3O2/c1-33(12-16-2-4-20(23(29)10-16)26(30,31)32)24-14-35(25(37)15-34-8-6-18(36)7-9-34)13-19(24)17-3-5-21(27)22(28)11-17/h2-5,10-11,18-19,24,36H,6-9,12-15H2,1H3/t19-,24?/m1/s1. The molecule has 0 spiro atoms. The van der Waals surface area contributed by atoms with Crippen molar-refractivity contribution in [1.29, 1.82) is 0 Å². The van der Waals surface area contributed by atoms with Crippen LogP contribution in [-0.2, 0) is 17.5 Å². The molecule has 0 aromatic heterocycles. The molecule has 0 bridgehead atoms. The topological polar surface area (TPSA) is 47.0 Å². The Bertz CT molecular complexity index is 1130. The number of halogens is 6. The molecular formula is C26H29Cl2F4N3O2. The molecule has 2 aliphatic heterocycles. The summed E-state index contributed by atoms with van der Waals surface area (Å²) in [6.45, 7) is 2.59. The molecule has 4 rings (SSSR count). The van der Waals surface area contributed by atoms with Gasteiger partial charge in [-0.1, -0.05) is 35.3 Å². The summed E-state index contributed by atoms with van der Waals surface area (Å²) in [5.74, 6) is -1.47. The Kier molecular flexibility index (Phi) is 8.70. The molecule has 2 heterocycles. The number of carbonyl (C=O) groups excluding carboxylic acids is 1. The zero-order valence-electron chi connectivity index (χ0n) is 20.3. The van der Waals surface area contributed by atoms with E-state index in [-0.39, 0.29) is 37.1 Å². The molecule has 2 aromatic carbocycles.